The quantitative estimate of drug-likeness (QED) is 0.222. The normalized spacial score (nSPS) is 12.4. The Balaban J connectivity index is 1.68. The summed E-state index contributed by atoms with van der Waals surface area (Å²) in [5, 5.41) is 4.57. The minimum atomic E-state index is -0.255. The lowest BCUT2D eigenvalue weighted by atomic mass is 9.94. The molecule has 0 radical (unpaired) electrons. The third-order valence-corrected chi connectivity index (χ3v) is 7.91. The second-order valence-corrected chi connectivity index (χ2v) is 10.2. The summed E-state index contributed by atoms with van der Waals surface area (Å²) in [5.74, 6) is 0. The van der Waals surface area contributed by atoms with Crippen LogP contribution in [0.3, 0.4) is 0 Å². The highest BCUT2D eigenvalue weighted by Gasteiger charge is 2.21. The number of hydrogen-bond acceptors (Lipinski definition) is 4. The largest absolute Gasteiger partial charge is 0.289 e. The molecule has 0 amide bonds. The zero-order valence-electron chi connectivity index (χ0n) is 20.5. The first kappa shape index (κ1) is 21.0. The molecule has 0 N–H and O–H groups in total. The van der Waals surface area contributed by atoms with E-state index < -0.39 is 0 Å². The van der Waals surface area contributed by atoms with Crippen molar-refractivity contribution in [3.63, 3.8) is 0 Å². The van der Waals surface area contributed by atoms with Gasteiger partial charge in [0, 0.05) is 55.2 Å². The molecule has 38 heavy (non-hydrogen) atoms. The Morgan fingerprint density at radius 2 is 0.816 bits per heavy atom. The fraction of sp³-hybridized carbons (Fsp3) is 0.0625. The number of benzene rings is 4. The van der Waals surface area contributed by atoms with E-state index in [0.29, 0.717) is 65.2 Å². The molecule has 0 bridgehead atoms. The lowest BCUT2D eigenvalue weighted by molar-refractivity contribution is 1.17. The average molecular weight is 495 g/mol. The van der Waals surface area contributed by atoms with Crippen LogP contribution in [0.2, 0.25) is 0 Å². The van der Waals surface area contributed by atoms with Gasteiger partial charge in [0.1, 0.15) is 0 Å². The Kier molecular flexibility index (Phi) is 3.77. The van der Waals surface area contributed by atoms with Crippen LogP contribution in [0.15, 0.2) is 92.0 Å². The van der Waals surface area contributed by atoms with Gasteiger partial charge in [0.25, 0.3) is 11.1 Å². The summed E-state index contributed by atoms with van der Waals surface area (Å²) in [6.45, 7) is 3.82. The number of aryl methyl sites for hydroxylation is 2. The Bertz CT molecular complexity index is 2430. The summed E-state index contributed by atoms with van der Waals surface area (Å²) in [7, 11) is 0. The minimum Gasteiger partial charge on any atom is -0.289 e. The van der Waals surface area contributed by atoms with E-state index in [4.69, 9.17) is 0 Å². The molecule has 6 nitrogen and oxygen atoms in total. The van der Waals surface area contributed by atoms with E-state index in [-0.39, 0.29) is 22.0 Å². The van der Waals surface area contributed by atoms with Gasteiger partial charge in [0.2, 0.25) is 0 Å². The van der Waals surface area contributed by atoms with Crippen molar-refractivity contribution in [1.29, 1.82) is 0 Å². The molecule has 0 aliphatic heterocycles. The Morgan fingerprint density at radius 1 is 0.421 bits per heavy atom. The Hall–Kier alpha value is -5.10. The second kappa shape index (κ2) is 6.81. The molecule has 8 rings (SSSR count). The van der Waals surface area contributed by atoms with Gasteiger partial charge in [0.15, 0.2) is 10.9 Å². The van der Waals surface area contributed by atoms with Crippen LogP contribution in [0.1, 0.15) is 11.1 Å². The lowest BCUT2D eigenvalue weighted by Gasteiger charge is -2.16. The van der Waals surface area contributed by atoms with Gasteiger partial charge in [-0.25, -0.2) is 0 Å². The van der Waals surface area contributed by atoms with Crippen molar-refractivity contribution in [3.8, 4) is 0 Å². The van der Waals surface area contributed by atoms with Crippen molar-refractivity contribution in [2.24, 2.45) is 0 Å². The van der Waals surface area contributed by atoms with Crippen LogP contribution in [0.5, 0.6) is 0 Å². The van der Waals surface area contributed by atoms with E-state index in [0.717, 1.165) is 11.1 Å². The molecule has 0 saturated heterocycles. The maximum absolute atomic E-state index is 13.9. The molecule has 0 unspecified atom stereocenters. The molecule has 0 saturated carbocycles. The number of rotatable bonds is 0. The van der Waals surface area contributed by atoms with Crippen LogP contribution in [-0.2, 0) is 0 Å². The van der Waals surface area contributed by atoms with E-state index in [1.165, 1.54) is 12.1 Å². The third kappa shape index (κ3) is 2.42. The summed E-state index contributed by atoms with van der Waals surface area (Å²) in [5.41, 5.74) is 3.13. The van der Waals surface area contributed by atoms with E-state index in [1.807, 2.05) is 38.1 Å². The Labute approximate surface area is 212 Å². The average Bonchev–Trinajstić information content (AvgIpc) is 2.90. The number of hydrogen-bond donors (Lipinski definition) is 0. The van der Waals surface area contributed by atoms with Crippen molar-refractivity contribution in [1.82, 2.24) is 8.80 Å². The van der Waals surface area contributed by atoms with Crippen LogP contribution >= 0.6 is 0 Å². The first-order valence-electron chi connectivity index (χ1n) is 12.4. The third-order valence-electron chi connectivity index (χ3n) is 7.91. The Morgan fingerprint density at radius 3 is 1.24 bits per heavy atom. The highest BCUT2D eigenvalue weighted by Crippen LogP contribution is 2.36. The van der Waals surface area contributed by atoms with Crippen molar-refractivity contribution in [3.05, 3.63) is 125 Å². The standard InChI is InChI=1S/C32H18N2O4/c1-15-3-9-23-21(11-15)27(35)13-25-17-5-8-20-30-18(6-7-19(29(17)30)31(37)33(23)25)26-14-28(36)22-12-16(2)4-10-24(22)34(26)32(20)38/h3-14H,1-2H3. The van der Waals surface area contributed by atoms with Crippen molar-refractivity contribution in [2.45, 2.75) is 13.8 Å². The van der Waals surface area contributed by atoms with Gasteiger partial charge in [0.05, 0.1) is 22.1 Å². The number of nitrogens with zero attached hydrogens (tertiary/aromatic N) is 2. The highest BCUT2D eigenvalue weighted by atomic mass is 16.1. The maximum atomic E-state index is 13.9. The van der Waals surface area contributed by atoms with Gasteiger partial charge in [-0.2, -0.15) is 0 Å². The molecule has 4 aromatic heterocycles. The van der Waals surface area contributed by atoms with Crippen LogP contribution in [-0.4, -0.2) is 8.80 Å². The van der Waals surface area contributed by atoms with E-state index in [1.54, 1.807) is 45.2 Å². The molecular formula is C32H18N2O4. The number of aromatic nitrogens is 2. The molecule has 8 aromatic rings. The molecule has 180 valence electrons. The van der Waals surface area contributed by atoms with Gasteiger partial charge in [-0.15, -0.1) is 0 Å². The first-order valence-corrected chi connectivity index (χ1v) is 12.4. The summed E-state index contributed by atoms with van der Waals surface area (Å²) >= 11 is 0. The molecule has 0 aliphatic carbocycles. The molecule has 0 atom stereocenters. The van der Waals surface area contributed by atoms with Gasteiger partial charge < -0.3 is 0 Å². The minimum absolute atomic E-state index is 0.165. The van der Waals surface area contributed by atoms with Gasteiger partial charge in [-0.05, 0) is 50.2 Å². The summed E-state index contributed by atoms with van der Waals surface area (Å²) < 4.78 is 3.18. The lowest BCUT2D eigenvalue weighted by Crippen LogP contribution is -2.21. The zero-order chi connectivity index (χ0) is 26.0. The van der Waals surface area contributed by atoms with Crippen molar-refractivity contribution < 1.29 is 0 Å². The predicted octanol–water partition coefficient (Wildman–Crippen LogP) is 4.89. The van der Waals surface area contributed by atoms with Crippen LogP contribution < -0.4 is 22.0 Å². The smallest absolute Gasteiger partial charge is 0.263 e. The van der Waals surface area contributed by atoms with Crippen molar-refractivity contribution in [2.75, 3.05) is 0 Å². The van der Waals surface area contributed by atoms with E-state index >= 15 is 0 Å². The fourth-order valence-corrected chi connectivity index (χ4v) is 6.23. The van der Waals surface area contributed by atoms with E-state index in [2.05, 4.69) is 0 Å². The molecule has 4 aromatic carbocycles. The summed E-state index contributed by atoms with van der Waals surface area (Å²) in [6, 6.07) is 21.2. The molecule has 4 heterocycles. The monoisotopic (exact) mass is 494 g/mol. The number of pyridine rings is 4. The van der Waals surface area contributed by atoms with Crippen molar-refractivity contribution >= 4 is 65.2 Å². The molecule has 6 heteroatoms. The zero-order valence-corrected chi connectivity index (χ0v) is 20.5. The SMILES string of the molecule is Cc1ccc2c(c1)c(=O)cc1c3ccc4c(=O)n5c6ccc(C)cc6c(=O)cc5c5ccc(c(=O)n21)c3c45. The fourth-order valence-electron chi connectivity index (χ4n) is 6.23. The van der Waals surface area contributed by atoms with Gasteiger partial charge >= 0.3 is 0 Å². The van der Waals surface area contributed by atoms with Gasteiger partial charge in [-0.1, -0.05) is 35.4 Å². The maximum Gasteiger partial charge on any atom is 0.263 e. The molecule has 0 aliphatic rings. The van der Waals surface area contributed by atoms with Crippen LogP contribution in [0.4, 0.5) is 0 Å². The summed E-state index contributed by atoms with van der Waals surface area (Å²) in [4.78, 5) is 54.1. The van der Waals surface area contributed by atoms with Gasteiger partial charge in [-0.3, -0.25) is 28.0 Å². The first-order chi connectivity index (χ1) is 18.3. The highest BCUT2D eigenvalue weighted by molar-refractivity contribution is 6.28. The molecular weight excluding hydrogens is 476 g/mol. The topological polar surface area (TPSA) is 77.1 Å². The number of fused-ring (bicyclic) bond motifs is 8. The van der Waals surface area contributed by atoms with Crippen LogP contribution in [0, 0.1) is 13.8 Å². The molecule has 0 spiro atoms. The van der Waals surface area contributed by atoms with E-state index in [9.17, 15) is 19.2 Å². The predicted molar refractivity (Wildman–Crippen MR) is 153 cm³/mol. The van der Waals surface area contributed by atoms with Crippen LogP contribution in [0.25, 0.3) is 65.2 Å². The summed E-state index contributed by atoms with van der Waals surface area (Å²) in [6.07, 6.45) is 0. The molecule has 0 fully saturated rings. The second-order valence-electron chi connectivity index (χ2n) is 10.2.